The summed E-state index contributed by atoms with van der Waals surface area (Å²) < 4.78 is 16.9. The molecule has 7 nitrogen and oxygen atoms in total. The molecule has 10 heteroatoms. The molecule has 3 heterocycles. The number of thioether (sulfide) groups is 1. The van der Waals surface area contributed by atoms with Crippen molar-refractivity contribution in [1.82, 2.24) is 20.4 Å². The normalized spacial score (nSPS) is 12.2. The molecule has 3 aromatic heterocycles. The van der Waals surface area contributed by atoms with E-state index in [2.05, 4.69) is 20.4 Å². The van der Waals surface area contributed by atoms with Gasteiger partial charge in [-0.15, -0.1) is 31.7 Å². The van der Waals surface area contributed by atoms with Gasteiger partial charge in [0.25, 0.3) is 17.0 Å². The average Bonchev–Trinajstić information content (AvgIpc) is 3.42. The predicted octanol–water partition coefficient (Wildman–Crippen LogP) is 5.27. The summed E-state index contributed by atoms with van der Waals surface area (Å²) in [6.45, 7) is 2.11. The number of nitrogens with zero attached hydrogens (tertiary/aromatic N) is 4. The summed E-state index contributed by atoms with van der Waals surface area (Å²) in [5.74, 6) is 2.06. The number of thiophene rings is 1. The average molecular weight is 421 g/mol. The first kappa shape index (κ1) is 18.0. The highest BCUT2D eigenvalue weighted by molar-refractivity contribution is 7.99. The summed E-state index contributed by atoms with van der Waals surface area (Å²) in [6.07, 6.45) is 0. The Morgan fingerprint density at radius 3 is 2.74 bits per heavy atom. The van der Waals surface area contributed by atoms with Gasteiger partial charge in [0, 0.05) is 5.02 Å². The molecule has 0 saturated heterocycles. The van der Waals surface area contributed by atoms with Crippen LogP contribution in [0.4, 0.5) is 0 Å². The molecule has 1 atom stereocenters. The van der Waals surface area contributed by atoms with Crippen LogP contribution in [0.3, 0.4) is 0 Å². The zero-order chi connectivity index (χ0) is 18.6. The fourth-order valence-electron chi connectivity index (χ4n) is 2.12. The number of ether oxygens (including phenoxy) is 1. The molecule has 1 aromatic carbocycles. The second kappa shape index (κ2) is 8.12. The van der Waals surface area contributed by atoms with Crippen LogP contribution in [0.1, 0.15) is 24.0 Å². The minimum absolute atomic E-state index is 0.128. The molecule has 0 aliphatic heterocycles. The van der Waals surface area contributed by atoms with Crippen LogP contribution in [0.15, 0.2) is 55.8 Å². The molecule has 1 unspecified atom stereocenters. The molecule has 0 spiro atoms. The largest absolute Gasteiger partial charge is 0.484 e. The molecule has 0 saturated carbocycles. The van der Waals surface area contributed by atoms with Gasteiger partial charge in [-0.2, -0.15) is 0 Å². The molecule has 0 bridgehead atoms. The van der Waals surface area contributed by atoms with E-state index in [0.29, 0.717) is 33.7 Å². The smallest absolute Gasteiger partial charge is 0.277 e. The Labute approximate surface area is 167 Å². The van der Waals surface area contributed by atoms with Crippen LogP contribution in [-0.4, -0.2) is 20.4 Å². The third kappa shape index (κ3) is 4.49. The van der Waals surface area contributed by atoms with Gasteiger partial charge < -0.3 is 13.6 Å². The van der Waals surface area contributed by atoms with Gasteiger partial charge in [-0.25, -0.2) is 0 Å². The summed E-state index contributed by atoms with van der Waals surface area (Å²) >= 11 is 8.74. The Morgan fingerprint density at radius 2 is 1.96 bits per heavy atom. The van der Waals surface area contributed by atoms with E-state index in [1.807, 2.05) is 24.4 Å². The van der Waals surface area contributed by atoms with Gasteiger partial charge in [-0.05, 0) is 42.6 Å². The van der Waals surface area contributed by atoms with Crippen LogP contribution in [0, 0.1) is 0 Å². The van der Waals surface area contributed by atoms with Gasteiger partial charge in [0.15, 0.2) is 6.61 Å². The molecule has 0 aliphatic carbocycles. The number of rotatable bonds is 7. The van der Waals surface area contributed by atoms with E-state index in [-0.39, 0.29) is 11.9 Å². The standard InChI is InChI=1S/C17H13ClN4O3S2/c1-10(15-20-21-16(25-15)13-3-2-8-26-13)27-17-22-19-14(24-17)9-23-12-6-4-11(18)5-7-12/h2-8,10H,9H2,1H3. The Kier molecular flexibility index (Phi) is 5.42. The number of aromatic nitrogens is 4. The number of benzene rings is 1. The Balaban J connectivity index is 1.35. The van der Waals surface area contributed by atoms with Gasteiger partial charge in [-0.3, -0.25) is 0 Å². The maximum absolute atomic E-state index is 5.85. The predicted molar refractivity (Wildman–Crippen MR) is 102 cm³/mol. The summed E-state index contributed by atoms with van der Waals surface area (Å²) in [6, 6.07) is 10.9. The van der Waals surface area contributed by atoms with Gasteiger partial charge in [0.05, 0.1) is 10.1 Å². The lowest BCUT2D eigenvalue weighted by atomic mass is 10.3. The first-order valence-electron chi connectivity index (χ1n) is 7.92. The Hall–Kier alpha value is -2.36. The highest BCUT2D eigenvalue weighted by Gasteiger charge is 2.20. The van der Waals surface area contributed by atoms with Gasteiger partial charge in [0.1, 0.15) is 5.75 Å². The van der Waals surface area contributed by atoms with E-state index < -0.39 is 0 Å². The van der Waals surface area contributed by atoms with Crippen molar-refractivity contribution in [3.63, 3.8) is 0 Å². The van der Waals surface area contributed by atoms with Crippen LogP contribution < -0.4 is 4.74 Å². The van der Waals surface area contributed by atoms with Crippen molar-refractivity contribution in [3.05, 3.63) is 58.6 Å². The summed E-state index contributed by atoms with van der Waals surface area (Å²) in [4.78, 5) is 0.936. The van der Waals surface area contributed by atoms with E-state index in [9.17, 15) is 0 Å². The lowest BCUT2D eigenvalue weighted by Gasteiger charge is -2.03. The number of hydrogen-bond donors (Lipinski definition) is 0. The fraction of sp³-hybridized carbons (Fsp3) is 0.176. The van der Waals surface area contributed by atoms with Crippen molar-refractivity contribution >= 4 is 34.7 Å². The van der Waals surface area contributed by atoms with Crippen molar-refractivity contribution < 1.29 is 13.6 Å². The molecule has 0 fully saturated rings. The van der Waals surface area contributed by atoms with E-state index in [4.69, 9.17) is 25.2 Å². The first-order chi connectivity index (χ1) is 13.2. The highest BCUT2D eigenvalue weighted by Crippen LogP contribution is 2.35. The molecular weight excluding hydrogens is 408 g/mol. The number of hydrogen-bond acceptors (Lipinski definition) is 9. The van der Waals surface area contributed by atoms with Crippen LogP contribution in [-0.2, 0) is 6.61 Å². The van der Waals surface area contributed by atoms with Crippen molar-refractivity contribution in [1.29, 1.82) is 0 Å². The van der Waals surface area contributed by atoms with Crippen molar-refractivity contribution in [3.8, 4) is 16.5 Å². The molecule has 0 aliphatic rings. The molecule has 0 N–H and O–H groups in total. The Bertz CT molecular complexity index is 1000. The monoisotopic (exact) mass is 420 g/mol. The summed E-state index contributed by atoms with van der Waals surface area (Å²) in [5, 5.41) is 19.1. The second-order valence-electron chi connectivity index (χ2n) is 5.39. The van der Waals surface area contributed by atoms with E-state index >= 15 is 0 Å². The first-order valence-corrected chi connectivity index (χ1v) is 10.1. The van der Waals surface area contributed by atoms with Crippen LogP contribution in [0.5, 0.6) is 5.75 Å². The molecule has 27 heavy (non-hydrogen) atoms. The third-order valence-electron chi connectivity index (χ3n) is 3.42. The van der Waals surface area contributed by atoms with Gasteiger partial charge in [-0.1, -0.05) is 29.4 Å². The molecule has 0 amide bonds. The zero-order valence-electron chi connectivity index (χ0n) is 14.0. The topological polar surface area (TPSA) is 87.1 Å². The fourth-order valence-corrected chi connectivity index (χ4v) is 3.62. The lowest BCUT2D eigenvalue weighted by Crippen LogP contribution is -1.95. The van der Waals surface area contributed by atoms with Crippen LogP contribution in [0.2, 0.25) is 5.02 Å². The minimum atomic E-state index is -0.128. The lowest BCUT2D eigenvalue weighted by molar-refractivity contribution is 0.252. The van der Waals surface area contributed by atoms with Crippen LogP contribution in [0.25, 0.3) is 10.8 Å². The van der Waals surface area contributed by atoms with Gasteiger partial charge >= 0.3 is 0 Å². The van der Waals surface area contributed by atoms with Gasteiger partial charge in [0.2, 0.25) is 5.89 Å². The van der Waals surface area contributed by atoms with E-state index in [1.54, 1.807) is 35.6 Å². The van der Waals surface area contributed by atoms with E-state index in [0.717, 1.165) is 4.88 Å². The minimum Gasteiger partial charge on any atom is -0.484 e. The maximum atomic E-state index is 5.85. The SMILES string of the molecule is CC(Sc1nnc(COc2ccc(Cl)cc2)o1)c1nnc(-c2cccs2)o1. The summed E-state index contributed by atoms with van der Waals surface area (Å²) in [5.41, 5.74) is 0. The Morgan fingerprint density at radius 1 is 1.11 bits per heavy atom. The van der Waals surface area contributed by atoms with Crippen molar-refractivity contribution in [2.75, 3.05) is 0 Å². The third-order valence-corrected chi connectivity index (χ3v) is 5.45. The molecule has 138 valence electrons. The second-order valence-corrected chi connectivity index (χ2v) is 8.06. The van der Waals surface area contributed by atoms with Crippen molar-refractivity contribution in [2.45, 2.75) is 24.0 Å². The zero-order valence-corrected chi connectivity index (χ0v) is 16.4. The molecule has 0 radical (unpaired) electrons. The molecule has 4 rings (SSSR count). The maximum Gasteiger partial charge on any atom is 0.277 e. The quantitative estimate of drug-likeness (QED) is 0.374. The molecular formula is C17H13ClN4O3S2. The van der Waals surface area contributed by atoms with E-state index in [1.165, 1.54) is 11.8 Å². The van der Waals surface area contributed by atoms with Crippen molar-refractivity contribution in [2.24, 2.45) is 0 Å². The molecule has 4 aromatic rings. The van der Waals surface area contributed by atoms with Crippen LogP contribution >= 0.6 is 34.7 Å². The summed E-state index contributed by atoms with van der Waals surface area (Å²) in [7, 11) is 0. The number of halogens is 1. The highest BCUT2D eigenvalue weighted by atomic mass is 35.5.